The summed E-state index contributed by atoms with van der Waals surface area (Å²) in [6, 6.07) is 1.58. The highest BCUT2D eigenvalue weighted by atomic mass is 35.5. The number of rotatable bonds is 6. The second-order valence-corrected chi connectivity index (χ2v) is 5.18. The van der Waals surface area contributed by atoms with Gasteiger partial charge in [-0.25, -0.2) is 4.98 Å². The van der Waals surface area contributed by atoms with E-state index >= 15 is 0 Å². The summed E-state index contributed by atoms with van der Waals surface area (Å²) >= 11 is 11.6. The molecule has 5 nitrogen and oxygen atoms in total. The molecular formula is C12H18Cl2N4O. The maximum absolute atomic E-state index is 5.91. The smallest absolute Gasteiger partial charge is 0.232 e. The third-order valence-corrected chi connectivity index (χ3v) is 2.53. The summed E-state index contributed by atoms with van der Waals surface area (Å²) in [6.07, 6.45) is 1.48. The maximum Gasteiger partial charge on any atom is 0.232 e. The normalized spacial score (nSPS) is 11.7. The van der Waals surface area contributed by atoms with Crippen LogP contribution in [0.3, 0.4) is 0 Å². The van der Waals surface area contributed by atoms with Crippen molar-refractivity contribution in [2.45, 2.75) is 13.8 Å². The van der Waals surface area contributed by atoms with E-state index in [1.807, 2.05) is 0 Å². The van der Waals surface area contributed by atoms with E-state index in [0.717, 1.165) is 0 Å². The summed E-state index contributed by atoms with van der Waals surface area (Å²) in [5, 5.41) is 3.80. The molecule has 1 aromatic rings. The molecule has 1 aromatic heterocycles. The van der Waals surface area contributed by atoms with E-state index in [1.165, 1.54) is 6.20 Å². The number of hydrogen-bond donors (Lipinski definition) is 2. The van der Waals surface area contributed by atoms with Crippen LogP contribution in [0.5, 0.6) is 5.88 Å². The molecule has 106 valence electrons. The lowest BCUT2D eigenvalue weighted by Crippen LogP contribution is -2.35. The molecule has 0 bridgehead atoms. The lowest BCUT2D eigenvalue weighted by molar-refractivity contribution is 0.310. The number of aromatic nitrogens is 1. The van der Waals surface area contributed by atoms with Crippen LogP contribution in [0.4, 0.5) is 0 Å². The number of halogens is 2. The second-order valence-electron chi connectivity index (χ2n) is 4.34. The van der Waals surface area contributed by atoms with Crippen molar-refractivity contribution in [2.24, 2.45) is 16.6 Å². The Labute approximate surface area is 123 Å². The number of guanidine groups is 1. The van der Waals surface area contributed by atoms with Crippen LogP contribution in [-0.4, -0.2) is 30.6 Å². The Morgan fingerprint density at radius 3 is 2.89 bits per heavy atom. The first-order valence-electron chi connectivity index (χ1n) is 5.96. The molecule has 0 saturated heterocycles. The molecule has 0 radical (unpaired) electrons. The van der Waals surface area contributed by atoms with Crippen LogP contribution in [0.15, 0.2) is 17.3 Å². The molecule has 3 N–H and O–H groups in total. The van der Waals surface area contributed by atoms with E-state index in [-0.39, 0.29) is 0 Å². The van der Waals surface area contributed by atoms with Crippen molar-refractivity contribution >= 4 is 29.2 Å². The molecule has 0 saturated carbocycles. The highest BCUT2D eigenvalue weighted by Crippen LogP contribution is 2.24. The minimum atomic E-state index is 0.352. The number of ether oxygens (including phenoxy) is 1. The molecule has 0 unspecified atom stereocenters. The van der Waals surface area contributed by atoms with E-state index in [1.54, 1.807) is 6.07 Å². The van der Waals surface area contributed by atoms with E-state index in [9.17, 15) is 0 Å². The van der Waals surface area contributed by atoms with Crippen molar-refractivity contribution < 1.29 is 4.74 Å². The predicted octanol–water partition coefficient (Wildman–Crippen LogP) is 2.33. The fraction of sp³-hybridized carbons (Fsp3) is 0.500. The van der Waals surface area contributed by atoms with Gasteiger partial charge in [0.05, 0.1) is 11.6 Å². The van der Waals surface area contributed by atoms with Crippen molar-refractivity contribution in [3.05, 3.63) is 22.3 Å². The predicted molar refractivity (Wildman–Crippen MR) is 79.1 cm³/mol. The third-order valence-electron chi connectivity index (χ3n) is 2.05. The van der Waals surface area contributed by atoms with Crippen molar-refractivity contribution in [3.8, 4) is 5.88 Å². The Balaban J connectivity index is 2.29. The minimum Gasteiger partial charge on any atom is -0.475 e. The zero-order chi connectivity index (χ0) is 14.3. The van der Waals surface area contributed by atoms with E-state index in [2.05, 4.69) is 29.1 Å². The highest BCUT2D eigenvalue weighted by Gasteiger charge is 2.03. The van der Waals surface area contributed by atoms with Gasteiger partial charge in [-0.1, -0.05) is 37.0 Å². The SMILES string of the molecule is CC(C)CN=C(N)NCCOc1ncc(Cl)cc1Cl. The van der Waals surface area contributed by atoms with Crippen molar-refractivity contribution in [1.82, 2.24) is 10.3 Å². The molecule has 0 aliphatic carbocycles. The average molecular weight is 305 g/mol. The Hall–Kier alpha value is -1.20. The highest BCUT2D eigenvalue weighted by molar-refractivity contribution is 6.35. The number of hydrogen-bond acceptors (Lipinski definition) is 3. The summed E-state index contributed by atoms with van der Waals surface area (Å²) in [5.41, 5.74) is 5.68. The number of nitrogens with two attached hydrogens (primary N) is 1. The first-order valence-corrected chi connectivity index (χ1v) is 6.72. The molecular weight excluding hydrogens is 287 g/mol. The van der Waals surface area contributed by atoms with Gasteiger partial charge in [0.15, 0.2) is 5.96 Å². The Morgan fingerprint density at radius 1 is 1.53 bits per heavy atom. The van der Waals surface area contributed by atoms with Crippen LogP contribution in [-0.2, 0) is 0 Å². The summed E-state index contributed by atoms with van der Waals surface area (Å²) < 4.78 is 5.39. The summed E-state index contributed by atoms with van der Waals surface area (Å²) in [4.78, 5) is 8.14. The quantitative estimate of drug-likeness (QED) is 0.481. The minimum absolute atomic E-state index is 0.352. The number of pyridine rings is 1. The fourth-order valence-electron chi connectivity index (χ4n) is 1.17. The van der Waals surface area contributed by atoms with Crippen LogP contribution in [0.1, 0.15) is 13.8 Å². The molecule has 0 atom stereocenters. The van der Waals surface area contributed by atoms with Gasteiger partial charge in [0.2, 0.25) is 5.88 Å². The van der Waals surface area contributed by atoms with Gasteiger partial charge in [0, 0.05) is 12.7 Å². The Bertz CT molecular complexity index is 438. The number of nitrogens with zero attached hydrogens (tertiary/aromatic N) is 2. The van der Waals surface area contributed by atoms with Crippen LogP contribution in [0.2, 0.25) is 10.0 Å². The zero-order valence-electron chi connectivity index (χ0n) is 11.0. The molecule has 0 spiro atoms. The Kier molecular flexibility index (Phi) is 6.73. The van der Waals surface area contributed by atoms with Gasteiger partial charge >= 0.3 is 0 Å². The first kappa shape index (κ1) is 15.9. The van der Waals surface area contributed by atoms with E-state index < -0.39 is 0 Å². The van der Waals surface area contributed by atoms with Crippen molar-refractivity contribution in [2.75, 3.05) is 19.7 Å². The van der Waals surface area contributed by atoms with Gasteiger partial charge in [-0.3, -0.25) is 4.99 Å². The molecule has 0 aromatic carbocycles. The van der Waals surface area contributed by atoms with Crippen LogP contribution >= 0.6 is 23.2 Å². The average Bonchev–Trinajstić information content (AvgIpc) is 2.34. The van der Waals surface area contributed by atoms with Gasteiger partial charge in [-0.15, -0.1) is 0 Å². The molecule has 0 aliphatic rings. The molecule has 0 fully saturated rings. The molecule has 1 rings (SSSR count). The standard InChI is InChI=1S/C12H18Cl2N4O/c1-8(2)6-18-12(15)16-3-4-19-11-10(14)5-9(13)7-17-11/h5,7-8H,3-4,6H2,1-2H3,(H3,15,16,18). The maximum atomic E-state index is 5.91. The van der Waals surface area contributed by atoms with Crippen LogP contribution < -0.4 is 15.8 Å². The van der Waals surface area contributed by atoms with Gasteiger partial charge in [-0.05, 0) is 12.0 Å². The largest absolute Gasteiger partial charge is 0.475 e. The van der Waals surface area contributed by atoms with Crippen LogP contribution in [0.25, 0.3) is 0 Å². The lowest BCUT2D eigenvalue weighted by Gasteiger charge is -2.09. The van der Waals surface area contributed by atoms with Gasteiger partial charge in [0.1, 0.15) is 11.6 Å². The molecule has 19 heavy (non-hydrogen) atoms. The lowest BCUT2D eigenvalue weighted by atomic mass is 10.2. The Morgan fingerprint density at radius 2 is 2.26 bits per heavy atom. The summed E-state index contributed by atoms with van der Waals surface area (Å²) in [7, 11) is 0. The molecule has 1 heterocycles. The molecule has 0 aliphatic heterocycles. The topological polar surface area (TPSA) is 72.5 Å². The second kappa shape index (κ2) is 8.07. The first-order chi connectivity index (χ1) is 8.99. The van der Waals surface area contributed by atoms with Crippen LogP contribution in [0, 0.1) is 5.92 Å². The van der Waals surface area contributed by atoms with Gasteiger partial charge in [-0.2, -0.15) is 0 Å². The van der Waals surface area contributed by atoms with Crippen molar-refractivity contribution in [1.29, 1.82) is 0 Å². The van der Waals surface area contributed by atoms with E-state index in [4.69, 9.17) is 33.7 Å². The molecule has 7 heteroatoms. The van der Waals surface area contributed by atoms with Gasteiger partial charge in [0.25, 0.3) is 0 Å². The number of nitrogens with one attached hydrogen (secondary N) is 1. The third kappa shape index (κ3) is 6.50. The van der Waals surface area contributed by atoms with Gasteiger partial charge < -0.3 is 15.8 Å². The zero-order valence-corrected chi connectivity index (χ0v) is 12.5. The molecule has 0 amide bonds. The van der Waals surface area contributed by atoms with Crippen molar-refractivity contribution in [3.63, 3.8) is 0 Å². The fourth-order valence-corrected chi connectivity index (χ4v) is 1.61. The van der Waals surface area contributed by atoms with E-state index in [0.29, 0.717) is 47.5 Å². The monoisotopic (exact) mass is 304 g/mol. The summed E-state index contributed by atoms with van der Waals surface area (Å²) in [5.74, 6) is 1.24. The number of aliphatic imine (C=N–C) groups is 1. The summed E-state index contributed by atoms with van der Waals surface area (Å²) in [6.45, 7) is 5.76.